The van der Waals surface area contributed by atoms with Crippen molar-refractivity contribution >= 4 is 32.6 Å². The molecule has 0 unspecified atom stereocenters. The number of aryl methyl sites for hydroxylation is 1. The fourth-order valence-electron chi connectivity index (χ4n) is 6.20. The molecule has 0 bridgehead atoms. The minimum Gasteiger partial charge on any atom is -0.334 e. The van der Waals surface area contributed by atoms with Crippen LogP contribution >= 0.6 is 0 Å². The lowest BCUT2D eigenvalue weighted by Crippen LogP contribution is -2.41. The van der Waals surface area contributed by atoms with Crippen molar-refractivity contribution in [1.29, 1.82) is 0 Å². The van der Waals surface area contributed by atoms with Crippen molar-refractivity contribution in [3.05, 3.63) is 89.6 Å². The van der Waals surface area contributed by atoms with Gasteiger partial charge in [-0.05, 0) is 84.0 Å². The van der Waals surface area contributed by atoms with Crippen molar-refractivity contribution in [2.24, 2.45) is 5.14 Å². The third-order valence-electron chi connectivity index (χ3n) is 8.10. The van der Waals surface area contributed by atoms with Gasteiger partial charge in [-0.15, -0.1) is 0 Å². The molecule has 1 aliphatic heterocycles. The Balaban J connectivity index is 1.31. The molecule has 38 heavy (non-hydrogen) atoms. The van der Waals surface area contributed by atoms with Gasteiger partial charge in [0.15, 0.2) is 0 Å². The minimum absolute atomic E-state index is 0.0312. The second-order valence-electron chi connectivity index (χ2n) is 10.5. The number of hydrogen-bond donors (Lipinski definition) is 2. The van der Waals surface area contributed by atoms with Crippen molar-refractivity contribution in [2.45, 2.75) is 49.5 Å². The van der Waals surface area contributed by atoms with E-state index in [4.69, 9.17) is 5.14 Å². The number of sulfonamides is 1. The number of anilines is 1. The second kappa shape index (κ2) is 9.22. The number of nitrogens with one attached hydrogen (secondary N) is 1. The number of aromatic nitrogens is 1. The van der Waals surface area contributed by atoms with Gasteiger partial charge in [-0.3, -0.25) is 9.88 Å². The largest absolute Gasteiger partial charge is 0.334 e. The van der Waals surface area contributed by atoms with E-state index >= 15 is 0 Å². The Hall–Kier alpha value is -3.75. The summed E-state index contributed by atoms with van der Waals surface area (Å²) < 4.78 is 23.0. The zero-order valence-corrected chi connectivity index (χ0v) is 22.1. The van der Waals surface area contributed by atoms with Gasteiger partial charge < -0.3 is 5.32 Å². The van der Waals surface area contributed by atoms with Gasteiger partial charge in [0.05, 0.1) is 10.4 Å². The van der Waals surface area contributed by atoms with Crippen LogP contribution < -0.4 is 15.4 Å². The van der Waals surface area contributed by atoms with E-state index < -0.39 is 10.0 Å². The third kappa shape index (κ3) is 4.23. The minimum atomic E-state index is -3.75. The zero-order valence-electron chi connectivity index (χ0n) is 21.3. The Labute approximate surface area is 222 Å². The van der Waals surface area contributed by atoms with Gasteiger partial charge in [0, 0.05) is 35.8 Å². The average Bonchev–Trinajstić information content (AvgIpc) is 3.52. The molecule has 0 saturated heterocycles. The van der Waals surface area contributed by atoms with Gasteiger partial charge in [0.25, 0.3) is 0 Å². The Kier molecular flexibility index (Phi) is 5.96. The molecule has 1 aliphatic carbocycles. The molecule has 0 radical (unpaired) electrons. The van der Waals surface area contributed by atoms with E-state index in [1.807, 2.05) is 17.2 Å². The zero-order chi connectivity index (χ0) is 26.5. The number of amides is 2. The van der Waals surface area contributed by atoms with Crippen molar-refractivity contribution in [2.75, 3.05) is 11.4 Å². The summed E-state index contributed by atoms with van der Waals surface area (Å²) in [5.41, 5.74) is 7.51. The normalized spacial score (nSPS) is 16.2. The van der Waals surface area contributed by atoms with E-state index in [1.54, 1.807) is 12.1 Å². The van der Waals surface area contributed by atoms with Gasteiger partial charge in [0.1, 0.15) is 0 Å². The smallest absolute Gasteiger partial charge is 0.322 e. The summed E-state index contributed by atoms with van der Waals surface area (Å²) in [6, 6.07) is 20.9. The van der Waals surface area contributed by atoms with Crippen LogP contribution in [0.15, 0.2) is 77.8 Å². The van der Waals surface area contributed by atoms with Crippen molar-refractivity contribution < 1.29 is 13.2 Å². The van der Waals surface area contributed by atoms with Gasteiger partial charge >= 0.3 is 6.03 Å². The maximum absolute atomic E-state index is 13.4. The summed E-state index contributed by atoms with van der Waals surface area (Å²) in [7, 11) is -3.75. The molecule has 7 nitrogen and oxygen atoms in total. The van der Waals surface area contributed by atoms with Crippen molar-refractivity contribution in [3.8, 4) is 11.1 Å². The highest BCUT2D eigenvalue weighted by Gasteiger charge is 2.46. The highest BCUT2D eigenvalue weighted by Crippen LogP contribution is 2.51. The van der Waals surface area contributed by atoms with Gasteiger partial charge in [-0.1, -0.05) is 43.2 Å². The first kappa shape index (κ1) is 24.6. The lowest BCUT2D eigenvalue weighted by Gasteiger charge is -2.25. The van der Waals surface area contributed by atoms with E-state index in [9.17, 15) is 13.2 Å². The molecule has 1 aromatic heterocycles. The lowest BCUT2D eigenvalue weighted by molar-refractivity contribution is 0.245. The molecule has 6 rings (SSSR count). The first-order chi connectivity index (χ1) is 18.2. The molecule has 1 spiro atoms. The average molecular weight is 527 g/mol. The van der Waals surface area contributed by atoms with Crippen LogP contribution in [0.2, 0.25) is 0 Å². The summed E-state index contributed by atoms with van der Waals surface area (Å²) in [5, 5.41) is 9.35. The number of hydrogen-bond acceptors (Lipinski definition) is 4. The molecular weight excluding hydrogens is 496 g/mol. The quantitative estimate of drug-likeness (QED) is 0.371. The lowest BCUT2D eigenvalue weighted by atomic mass is 9.79. The van der Waals surface area contributed by atoms with Crippen LogP contribution in [0, 0.1) is 6.92 Å². The topological polar surface area (TPSA) is 105 Å². The summed E-state index contributed by atoms with van der Waals surface area (Å²) in [5.74, 6) is 0. The molecule has 3 aromatic carbocycles. The summed E-state index contributed by atoms with van der Waals surface area (Å²) in [4.78, 5) is 19.9. The Morgan fingerprint density at radius 1 is 1.05 bits per heavy atom. The van der Waals surface area contributed by atoms with Crippen LogP contribution in [-0.2, 0) is 22.0 Å². The number of fused-ring (bicyclic) bond motifs is 3. The molecule has 2 amide bonds. The standard InChI is InChI=1S/C30H30N4O3S/c1-20-6-12-26-24(5-4-16-32-26)28(20)22-9-13-27-25(17-22)30(14-2-3-15-30)19-34(27)29(35)33-18-21-7-10-23(11-8-21)38(31,36)37/h4-13,16-17H,2-3,14-15,18-19H2,1H3,(H,33,35)(H2,31,36,37). The first-order valence-corrected chi connectivity index (χ1v) is 14.5. The van der Waals surface area contributed by atoms with Crippen molar-refractivity contribution in [1.82, 2.24) is 10.3 Å². The summed E-state index contributed by atoms with van der Waals surface area (Å²) >= 11 is 0. The van der Waals surface area contributed by atoms with E-state index in [-0.39, 0.29) is 16.3 Å². The molecule has 1 saturated carbocycles. The van der Waals surface area contributed by atoms with E-state index in [1.165, 1.54) is 28.8 Å². The predicted octanol–water partition coefficient (Wildman–Crippen LogP) is 5.40. The fourth-order valence-corrected chi connectivity index (χ4v) is 6.72. The highest BCUT2D eigenvalue weighted by atomic mass is 32.2. The van der Waals surface area contributed by atoms with Crippen molar-refractivity contribution in [3.63, 3.8) is 0 Å². The van der Waals surface area contributed by atoms with Crippen LogP contribution in [0.3, 0.4) is 0 Å². The van der Waals surface area contributed by atoms with Gasteiger partial charge in [-0.25, -0.2) is 18.4 Å². The van der Waals surface area contributed by atoms with E-state index in [0.717, 1.165) is 53.4 Å². The summed E-state index contributed by atoms with van der Waals surface area (Å²) in [6.07, 6.45) is 6.28. The molecule has 8 heteroatoms. The number of nitrogens with two attached hydrogens (primary N) is 1. The Morgan fingerprint density at radius 2 is 1.82 bits per heavy atom. The monoisotopic (exact) mass is 526 g/mol. The summed E-state index contributed by atoms with van der Waals surface area (Å²) in [6.45, 7) is 3.09. The third-order valence-corrected chi connectivity index (χ3v) is 9.03. The molecule has 3 N–H and O–H groups in total. The van der Waals surface area contributed by atoms with Crippen LogP contribution in [-0.4, -0.2) is 26.0 Å². The van der Waals surface area contributed by atoms with Gasteiger partial charge in [-0.2, -0.15) is 0 Å². The first-order valence-electron chi connectivity index (χ1n) is 12.9. The number of benzene rings is 3. The Bertz CT molecular complexity index is 1660. The SMILES string of the molecule is Cc1ccc2ncccc2c1-c1ccc2c(c1)C1(CCCC1)CN2C(=O)NCc1ccc(S(N)(=O)=O)cc1. The number of carbonyl (C=O) groups is 1. The number of carbonyl (C=O) groups excluding carboxylic acids is 1. The van der Waals surface area contributed by atoms with Crippen LogP contribution in [0.1, 0.15) is 42.4 Å². The van der Waals surface area contributed by atoms with E-state index in [0.29, 0.717) is 13.1 Å². The molecule has 2 aliphatic rings. The second-order valence-corrected chi connectivity index (χ2v) is 12.0. The van der Waals surface area contributed by atoms with Crippen LogP contribution in [0.25, 0.3) is 22.0 Å². The molecule has 1 fully saturated rings. The number of rotatable bonds is 4. The number of primary sulfonamides is 1. The number of nitrogens with zero attached hydrogens (tertiary/aromatic N) is 2. The van der Waals surface area contributed by atoms with E-state index in [2.05, 4.69) is 53.6 Å². The van der Waals surface area contributed by atoms with Gasteiger partial charge in [0.2, 0.25) is 10.0 Å². The fraction of sp³-hybridized carbons (Fsp3) is 0.267. The Morgan fingerprint density at radius 3 is 2.55 bits per heavy atom. The number of pyridine rings is 1. The van der Waals surface area contributed by atoms with Crippen LogP contribution in [0.4, 0.5) is 10.5 Å². The molecule has 194 valence electrons. The molecule has 2 heterocycles. The highest BCUT2D eigenvalue weighted by molar-refractivity contribution is 7.89. The maximum Gasteiger partial charge on any atom is 0.322 e. The molecule has 0 atom stereocenters. The molecular formula is C30H30N4O3S. The van der Waals surface area contributed by atoms with Crippen LogP contribution in [0.5, 0.6) is 0 Å². The predicted molar refractivity (Wildman–Crippen MR) is 149 cm³/mol. The molecule has 4 aromatic rings. The number of urea groups is 1. The maximum atomic E-state index is 13.4.